The number of nitrogens with zero attached hydrogens (tertiary/aromatic N) is 1. The van der Waals surface area contributed by atoms with Crippen LogP contribution in [0.2, 0.25) is 0 Å². The Labute approximate surface area is 87.6 Å². The SMILES string of the molecule is CCCCCN(C)C(=O)CC(C)(C)N. The van der Waals surface area contributed by atoms with Crippen molar-refractivity contribution in [3.63, 3.8) is 0 Å². The minimum atomic E-state index is -0.393. The molecule has 3 heteroatoms. The molecular formula is C11H24N2O. The van der Waals surface area contributed by atoms with Crippen molar-refractivity contribution in [1.29, 1.82) is 0 Å². The van der Waals surface area contributed by atoms with Crippen LogP contribution in [0, 0.1) is 0 Å². The van der Waals surface area contributed by atoms with Gasteiger partial charge in [0.05, 0.1) is 0 Å². The lowest BCUT2D eigenvalue weighted by atomic mass is 10.0. The van der Waals surface area contributed by atoms with E-state index in [2.05, 4.69) is 6.92 Å². The number of carbonyl (C=O) groups excluding carboxylic acids is 1. The van der Waals surface area contributed by atoms with E-state index in [0.717, 1.165) is 13.0 Å². The Hall–Kier alpha value is -0.570. The van der Waals surface area contributed by atoms with E-state index >= 15 is 0 Å². The van der Waals surface area contributed by atoms with E-state index in [-0.39, 0.29) is 5.91 Å². The van der Waals surface area contributed by atoms with E-state index in [1.54, 1.807) is 4.90 Å². The molecule has 14 heavy (non-hydrogen) atoms. The van der Waals surface area contributed by atoms with Crippen molar-refractivity contribution >= 4 is 5.91 Å². The average molecular weight is 200 g/mol. The standard InChI is InChI=1S/C11H24N2O/c1-5-6-7-8-13(4)10(14)9-11(2,3)12/h5-9,12H2,1-4H3. The van der Waals surface area contributed by atoms with Crippen LogP contribution < -0.4 is 5.73 Å². The summed E-state index contributed by atoms with van der Waals surface area (Å²) in [5.74, 6) is 0.147. The van der Waals surface area contributed by atoms with Gasteiger partial charge in [-0.3, -0.25) is 4.79 Å². The van der Waals surface area contributed by atoms with Crippen LogP contribution in [0.4, 0.5) is 0 Å². The molecule has 0 saturated heterocycles. The highest BCUT2D eigenvalue weighted by Gasteiger charge is 2.18. The predicted molar refractivity (Wildman–Crippen MR) is 60.0 cm³/mol. The van der Waals surface area contributed by atoms with Gasteiger partial charge in [-0.05, 0) is 20.3 Å². The van der Waals surface area contributed by atoms with Crippen molar-refractivity contribution in [1.82, 2.24) is 4.90 Å². The third kappa shape index (κ3) is 6.89. The molecule has 0 aromatic rings. The highest BCUT2D eigenvalue weighted by Crippen LogP contribution is 2.07. The second-order valence-electron chi connectivity index (χ2n) is 4.69. The summed E-state index contributed by atoms with van der Waals surface area (Å²) in [5.41, 5.74) is 5.39. The van der Waals surface area contributed by atoms with Gasteiger partial charge in [0.1, 0.15) is 0 Å². The molecule has 2 N–H and O–H groups in total. The summed E-state index contributed by atoms with van der Waals surface area (Å²) >= 11 is 0. The van der Waals surface area contributed by atoms with E-state index in [1.165, 1.54) is 12.8 Å². The van der Waals surface area contributed by atoms with Gasteiger partial charge in [0.2, 0.25) is 5.91 Å². The van der Waals surface area contributed by atoms with Gasteiger partial charge < -0.3 is 10.6 Å². The van der Waals surface area contributed by atoms with Gasteiger partial charge in [0.25, 0.3) is 0 Å². The van der Waals surface area contributed by atoms with E-state index in [9.17, 15) is 4.79 Å². The molecule has 0 aliphatic heterocycles. The highest BCUT2D eigenvalue weighted by molar-refractivity contribution is 5.76. The molecule has 0 saturated carbocycles. The highest BCUT2D eigenvalue weighted by atomic mass is 16.2. The first-order valence-corrected chi connectivity index (χ1v) is 5.39. The molecule has 0 spiro atoms. The molecule has 0 fully saturated rings. The van der Waals surface area contributed by atoms with Crippen LogP contribution in [-0.2, 0) is 4.79 Å². The molecule has 0 aliphatic carbocycles. The molecule has 1 amide bonds. The van der Waals surface area contributed by atoms with E-state index in [4.69, 9.17) is 5.73 Å². The molecule has 0 unspecified atom stereocenters. The second-order valence-corrected chi connectivity index (χ2v) is 4.69. The van der Waals surface area contributed by atoms with Gasteiger partial charge >= 0.3 is 0 Å². The summed E-state index contributed by atoms with van der Waals surface area (Å²) in [4.78, 5) is 13.4. The summed E-state index contributed by atoms with van der Waals surface area (Å²) in [7, 11) is 1.85. The number of hydrogen-bond acceptors (Lipinski definition) is 2. The maximum Gasteiger partial charge on any atom is 0.224 e. The molecule has 84 valence electrons. The molecule has 0 aromatic carbocycles. The Morgan fingerprint density at radius 3 is 2.36 bits per heavy atom. The fourth-order valence-electron chi connectivity index (χ4n) is 1.25. The second kappa shape index (κ2) is 6.02. The van der Waals surface area contributed by atoms with Gasteiger partial charge in [-0.15, -0.1) is 0 Å². The van der Waals surface area contributed by atoms with Crippen molar-refractivity contribution in [3.05, 3.63) is 0 Å². The lowest BCUT2D eigenvalue weighted by Crippen LogP contribution is -2.40. The normalized spacial score (nSPS) is 11.5. The summed E-state index contributed by atoms with van der Waals surface area (Å²) in [6.07, 6.45) is 3.88. The molecule has 0 rings (SSSR count). The van der Waals surface area contributed by atoms with E-state index < -0.39 is 5.54 Å². The molecule has 0 bridgehead atoms. The minimum Gasteiger partial charge on any atom is -0.346 e. The van der Waals surface area contributed by atoms with Gasteiger partial charge in [-0.2, -0.15) is 0 Å². The van der Waals surface area contributed by atoms with Crippen molar-refractivity contribution in [2.24, 2.45) is 5.73 Å². The average Bonchev–Trinajstić information content (AvgIpc) is 2.01. The minimum absolute atomic E-state index is 0.147. The van der Waals surface area contributed by atoms with Gasteiger partial charge in [-0.1, -0.05) is 19.8 Å². The monoisotopic (exact) mass is 200 g/mol. The van der Waals surface area contributed by atoms with Crippen molar-refractivity contribution in [3.8, 4) is 0 Å². The number of unbranched alkanes of at least 4 members (excludes halogenated alkanes) is 2. The maximum absolute atomic E-state index is 11.6. The number of rotatable bonds is 6. The third-order valence-corrected chi connectivity index (χ3v) is 2.13. The molecular weight excluding hydrogens is 176 g/mol. The number of hydrogen-bond donors (Lipinski definition) is 1. The first kappa shape index (κ1) is 13.4. The fourth-order valence-corrected chi connectivity index (χ4v) is 1.25. The first-order valence-electron chi connectivity index (χ1n) is 5.39. The van der Waals surface area contributed by atoms with Gasteiger partial charge in [0.15, 0.2) is 0 Å². The smallest absolute Gasteiger partial charge is 0.224 e. The lowest BCUT2D eigenvalue weighted by molar-refractivity contribution is -0.130. The van der Waals surface area contributed by atoms with E-state index in [0.29, 0.717) is 6.42 Å². The Morgan fingerprint density at radius 1 is 1.36 bits per heavy atom. The zero-order valence-electron chi connectivity index (χ0n) is 9.97. The van der Waals surface area contributed by atoms with Crippen molar-refractivity contribution in [2.45, 2.75) is 52.0 Å². The maximum atomic E-state index is 11.6. The van der Waals surface area contributed by atoms with Crippen LogP contribution in [0.3, 0.4) is 0 Å². The lowest BCUT2D eigenvalue weighted by Gasteiger charge is -2.23. The third-order valence-electron chi connectivity index (χ3n) is 2.13. The Kier molecular flexibility index (Phi) is 5.77. The Balaban J connectivity index is 3.77. The van der Waals surface area contributed by atoms with Gasteiger partial charge in [0, 0.05) is 25.6 Å². The van der Waals surface area contributed by atoms with Crippen LogP contribution >= 0.6 is 0 Å². The zero-order valence-corrected chi connectivity index (χ0v) is 9.97. The summed E-state index contributed by atoms with van der Waals surface area (Å²) in [6.45, 7) is 6.77. The van der Waals surface area contributed by atoms with Crippen molar-refractivity contribution in [2.75, 3.05) is 13.6 Å². The Bertz CT molecular complexity index is 173. The molecule has 0 aromatic heterocycles. The predicted octanol–water partition coefficient (Wildman–Crippen LogP) is 1.76. The molecule has 0 atom stereocenters. The Morgan fingerprint density at radius 2 is 1.93 bits per heavy atom. The molecule has 3 nitrogen and oxygen atoms in total. The summed E-state index contributed by atoms with van der Waals surface area (Å²) in [6, 6.07) is 0. The molecule has 0 radical (unpaired) electrons. The van der Waals surface area contributed by atoms with Crippen molar-refractivity contribution < 1.29 is 4.79 Å². The number of amides is 1. The van der Waals surface area contributed by atoms with Crippen LogP contribution in [0.1, 0.15) is 46.5 Å². The zero-order chi connectivity index (χ0) is 11.2. The summed E-state index contributed by atoms with van der Waals surface area (Å²) in [5, 5.41) is 0. The van der Waals surface area contributed by atoms with Gasteiger partial charge in [-0.25, -0.2) is 0 Å². The van der Waals surface area contributed by atoms with Crippen LogP contribution in [-0.4, -0.2) is 29.9 Å². The topological polar surface area (TPSA) is 46.3 Å². The molecule has 0 heterocycles. The van der Waals surface area contributed by atoms with Crippen LogP contribution in [0.5, 0.6) is 0 Å². The fraction of sp³-hybridized carbons (Fsp3) is 0.909. The quantitative estimate of drug-likeness (QED) is 0.664. The first-order chi connectivity index (χ1) is 6.37. The van der Waals surface area contributed by atoms with Crippen LogP contribution in [0.25, 0.3) is 0 Å². The number of carbonyl (C=O) groups is 1. The van der Waals surface area contributed by atoms with Crippen LogP contribution in [0.15, 0.2) is 0 Å². The molecule has 0 aliphatic rings. The number of nitrogens with two attached hydrogens (primary N) is 1. The van der Waals surface area contributed by atoms with E-state index in [1.807, 2.05) is 20.9 Å². The summed E-state index contributed by atoms with van der Waals surface area (Å²) < 4.78 is 0. The largest absolute Gasteiger partial charge is 0.346 e.